The lowest BCUT2D eigenvalue weighted by Crippen LogP contribution is -2.32. The van der Waals surface area contributed by atoms with Crippen molar-refractivity contribution in [1.82, 2.24) is 15.0 Å². The molecule has 1 unspecified atom stereocenters. The average Bonchev–Trinajstić information content (AvgIpc) is 3.55. The van der Waals surface area contributed by atoms with Crippen LogP contribution in [0.25, 0.3) is 44.8 Å². The van der Waals surface area contributed by atoms with Gasteiger partial charge in [0, 0.05) is 22.1 Å². The van der Waals surface area contributed by atoms with Gasteiger partial charge in [0.15, 0.2) is 11.2 Å². The molecule has 0 aliphatic heterocycles. The predicted molar refractivity (Wildman–Crippen MR) is 177 cm³/mol. The van der Waals surface area contributed by atoms with Gasteiger partial charge in [-0.3, -0.25) is 10.1 Å². The number of nitrogens with zero attached hydrogens (tertiary/aromatic N) is 3. The van der Waals surface area contributed by atoms with Crippen molar-refractivity contribution in [3.05, 3.63) is 114 Å². The summed E-state index contributed by atoms with van der Waals surface area (Å²) in [4.78, 5) is 40.7. The molecule has 8 nitrogen and oxygen atoms in total. The smallest absolute Gasteiger partial charge is 0.338 e. The Balaban J connectivity index is 1.19. The Labute approximate surface area is 264 Å². The van der Waals surface area contributed by atoms with Gasteiger partial charge >= 0.3 is 5.97 Å². The molecule has 1 amide bonds. The first-order valence-corrected chi connectivity index (χ1v) is 15.5. The average molecular weight is 615 g/mol. The highest BCUT2D eigenvalue weighted by molar-refractivity contribution is 7.14. The van der Waals surface area contributed by atoms with E-state index in [-0.39, 0.29) is 5.56 Å². The van der Waals surface area contributed by atoms with E-state index in [0.29, 0.717) is 34.9 Å². The number of fused-ring (bicyclic) bond motifs is 1. The number of aromatic nitrogens is 3. The minimum atomic E-state index is -1.00. The van der Waals surface area contributed by atoms with E-state index in [9.17, 15) is 9.59 Å². The zero-order valence-electron chi connectivity index (χ0n) is 24.8. The van der Waals surface area contributed by atoms with Crippen molar-refractivity contribution >= 4 is 39.4 Å². The van der Waals surface area contributed by atoms with Gasteiger partial charge in [-0.05, 0) is 55.8 Å². The van der Waals surface area contributed by atoms with E-state index < -0.39 is 18.0 Å². The summed E-state index contributed by atoms with van der Waals surface area (Å²) < 4.78 is 11.2. The first kappa shape index (κ1) is 29.7. The second-order valence-electron chi connectivity index (χ2n) is 10.1. The summed E-state index contributed by atoms with van der Waals surface area (Å²) >= 11 is 1.30. The lowest BCUT2D eigenvalue weighted by atomic mass is 10.0. The summed E-state index contributed by atoms with van der Waals surface area (Å²) in [5.41, 5.74) is 6.41. The number of anilines is 1. The SMILES string of the molecule is CCOc1ccc(-c2csc(NC(=O)C(CC)OC(=O)c3ccc4nc(-c5ccccc5)c(-c5ccccc5)nc4c3)n2)cc1. The molecule has 9 heteroatoms. The lowest BCUT2D eigenvalue weighted by molar-refractivity contribution is -0.124. The number of benzene rings is 4. The zero-order valence-corrected chi connectivity index (χ0v) is 25.6. The molecule has 0 radical (unpaired) electrons. The molecule has 0 bridgehead atoms. The van der Waals surface area contributed by atoms with Crippen molar-refractivity contribution in [2.75, 3.05) is 11.9 Å². The minimum Gasteiger partial charge on any atom is -0.494 e. The molecule has 0 aliphatic rings. The Kier molecular flexibility index (Phi) is 8.89. The van der Waals surface area contributed by atoms with Gasteiger partial charge < -0.3 is 9.47 Å². The zero-order chi connectivity index (χ0) is 31.2. The van der Waals surface area contributed by atoms with Crippen LogP contribution >= 0.6 is 11.3 Å². The molecule has 2 aromatic heterocycles. The van der Waals surface area contributed by atoms with E-state index in [0.717, 1.165) is 33.8 Å². The number of ether oxygens (including phenoxy) is 2. The van der Waals surface area contributed by atoms with E-state index >= 15 is 0 Å². The van der Waals surface area contributed by atoms with Crippen LogP contribution in [0.15, 0.2) is 109 Å². The van der Waals surface area contributed by atoms with Crippen LogP contribution < -0.4 is 10.1 Å². The van der Waals surface area contributed by atoms with Gasteiger partial charge in [0.1, 0.15) is 5.75 Å². The Morgan fingerprint density at radius 3 is 2.02 bits per heavy atom. The molecule has 1 N–H and O–H groups in total. The Hall–Kier alpha value is -5.41. The summed E-state index contributed by atoms with van der Waals surface area (Å²) in [6.45, 7) is 4.31. The largest absolute Gasteiger partial charge is 0.494 e. The molecule has 0 fully saturated rings. The molecule has 4 aromatic carbocycles. The van der Waals surface area contributed by atoms with Crippen molar-refractivity contribution in [2.45, 2.75) is 26.4 Å². The Morgan fingerprint density at radius 2 is 1.40 bits per heavy atom. The van der Waals surface area contributed by atoms with Crippen molar-refractivity contribution < 1.29 is 19.1 Å². The second kappa shape index (κ2) is 13.5. The third-order valence-electron chi connectivity index (χ3n) is 7.10. The van der Waals surface area contributed by atoms with Crippen molar-refractivity contribution in [3.63, 3.8) is 0 Å². The Bertz CT molecular complexity index is 1940. The van der Waals surface area contributed by atoms with E-state index in [1.807, 2.05) is 97.2 Å². The van der Waals surface area contributed by atoms with Crippen LogP contribution in [-0.2, 0) is 9.53 Å². The number of hydrogen-bond donors (Lipinski definition) is 1. The van der Waals surface area contributed by atoms with Gasteiger partial charge in [-0.25, -0.2) is 19.7 Å². The topological polar surface area (TPSA) is 103 Å². The monoisotopic (exact) mass is 614 g/mol. The maximum atomic E-state index is 13.2. The molecular weight excluding hydrogens is 584 g/mol. The van der Waals surface area contributed by atoms with Crippen LogP contribution in [0.2, 0.25) is 0 Å². The summed E-state index contributed by atoms with van der Waals surface area (Å²) in [6.07, 6.45) is -0.710. The fourth-order valence-corrected chi connectivity index (χ4v) is 5.56. The van der Waals surface area contributed by atoms with Gasteiger partial charge in [0.25, 0.3) is 5.91 Å². The van der Waals surface area contributed by atoms with Crippen molar-refractivity contribution in [3.8, 4) is 39.5 Å². The number of rotatable bonds is 10. The van der Waals surface area contributed by atoms with Crippen LogP contribution in [-0.4, -0.2) is 39.5 Å². The van der Waals surface area contributed by atoms with Crippen LogP contribution in [0.5, 0.6) is 5.75 Å². The van der Waals surface area contributed by atoms with E-state index in [1.54, 1.807) is 25.1 Å². The van der Waals surface area contributed by atoms with Gasteiger partial charge in [0.05, 0.1) is 40.3 Å². The minimum absolute atomic E-state index is 0.279. The third kappa shape index (κ3) is 6.73. The van der Waals surface area contributed by atoms with E-state index in [4.69, 9.17) is 19.4 Å². The third-order valence-corrected chi connectivity index (χ3v) is 7.86. The van der Waals surface area contributed by atoms with E-state index in [1.165, 1.54) is 11.3 Å². The van der Waals surface area contributed by atoms with Crippen LogP contribution in [0.3, 0.4) is 0 Å². The maximum absolute atomic E-state index is 13.2. The highest BCUT2D eigenvalue weighted by Gasteiger charge is 2.24. The molecule has 0 saturated carbocycles. The van der Waals surface area contributed by atoms with Crippen LogP contribution in [0.1, 0.15) is 30.6 Å². The van der Waals surface area contributed by atoms with Crippen LogP contribution in [0.4, 0.5) is 5.13 Å². The van der Waals surface area contributed by atoms with E-state index in [2.05, 4.69) is 10.3 Å². The molecule has 0 spiro atoms. The molecule has 1 atom stereocenters. The van der Waals surface area contributed by atoms with Gasteiger partial charge in [0.2, 0.25) is 0 Å². The normalized spacial score (nSPS) is 11.6. The van der Waals surface area contributed by atoms with Crippen molar-refractivity contribution in [2.24, 2.45) is 0 Å². The summed E-state index contributed by atoms with van der Waals surface area (Å²) in [5.74, 6) is -0.286. The summed E-state index contributed by atoms with van der Waals surface area (Å²) in [7, 11) is 0. The molecule has 224 valence electrons. The highest BCUT2D eigenvalue weighted by Crippen LogP contribution is 2.31. The summed E-state index contributed by atoms with van der Waals surface area (Å²) in [6, 6.07) is 32.3. The Morgan fingerprint density at radius 1 is 0.756 bits per heavy atom. The molecule has 0 aliphatic carbocycles. The number of thiazole rings is 1. The van der Waals surface area contributed by atoms with Gasteiger partial charge in [-0.15, -0.1) is 11.3 Å². The number of esters is 1. The highest BCUT2D eigenvalue weighted by atomic mass is 32.1. The first-order valence-electron chi connectivity index (χ1n) is 14.7. The number of hydrogen-bond acceptors (Lipinski definition) is 8. The fraction of sp³-hybridized carbons (Fsp3) is 0.139. The quantitative estimate of drug-likeness (QED) is 0.156. The molecular formula is C36H30N4O4S. The number of carbonyl (C=O) groups is 2. The van der Waals surface area contributed by atoms with Crippen LogP contribution in [0, 0.1) is 0 Å². The van der Waals surface area contributed by atoms with Gasteiger partial charge in [-0.2, -0.15) is 0 Å². The first-order chi connectivity index (χ1) is 22.0. The number of carbonyl (C=O) groups excluding carboxylic acids is 2. The summed E-state index contributed by atoms with van der Waals surface area (Å²) in [5, 5.41) is 5.07. The lowest BCUT2D eigenvalue weighted by Gasteiger charge is -2.15. The second-order valence-corrected chi connectivity index (χ2v) is 11.0. The fourth-order valence-electron chi connectivity index (χ4n) is 4.83. The van der Waals surface area contributed by atoms with Crippen molar-refractivity contribution in [1.29, 1.82) is 0 Å². The maximum Gasteiger partial charge on any atom is 0.338 e. The molecule has 2 heterocycles. The molecule has 6 rings (SSSR count). The van der Waals surface area contributed by atoms with Gasteiger partial charge in [-0.1, -0.05) is 67.6 Å². The predicted octanol–water partition coefficient (Wildman–Crippen LogP) is 8.06. The molecule has 0 saturated heterocycles. The number of nitrogens with one attached hydrogen (secondary N) is 1. The molecule has 45 heavy (non-hydrogen) atoms. The number of amides is 1. The standard InChI is InChI=1S/C36H30N4O4S/c1-3-31(34(41)40-36-39-30(22-45-36)23-15-18-27(19-16-23)43-4-2)44-35(42)26-17-20-28-29(21-26)38-33(25-13-9-6-10-14-25)32(37-28)24-11-7-5-8-12-24/h5-22,31H,3-4H2,1-2H3,(H,39,40,41). The molecule has 6 aromatic rings.